The van der Waals surface area contributed by atoms with Gasteiger partial charge in [-0.2, -0.15) is 0 Å². The lowest BCUT2D eigenvalue weighted by molar-refractivity contribution is 0.521. The molecule has 0 aliphatic carbocycles. The van der Waals surface area contributed by atoms with Crippen LogP contribution in [0.15, 0.2) is 34.9 Å². The van der Waals surface area contributed by atoms with Gasteiger partial charge in [-0.1, -0.05) is 44.0 Å². The Balaban J connectivity index is 0.000000386. The van der Waals surface area contributed by atoms with Gasteiger partial charge in [-0.05, 0) is 13.0 Å². The Hall–Kier alpha value is -1.57. The minimum atomic E-state index is 0.705. The summed E-state index contributed by atoms with van der Waals surface area (Å²) in [5.41, 5.74) is 3.25. The third kappa shape index (κ3) is 3.54. The molecule has 1 aromatic carbocycles. The molecular weight excluding hydrogens is 198 g/mol. The third-order valence-electron chi connectivity index (χ3n) is 1.93. The molecule has 0 spiro atoms. The average molecular weight is 217 g/mol. The standard InChI is InChI=1S/C11H11NO.C3H8/c1-8-4-3-5-10(6-8)11-7-13-9(2)12-11;1-3-2/h3-7H,1-2H3;3H2,1-2H3. The van der Waals surface area contributed by atoms with Gasteiger partial charge in [-0.25, -0.2) is 4.98 Å². The van der Waals surface area contributed by atoms with Crippen LogP contribution in [0.4, 0.5) is 0 Å². The van der Waals surface area contributed by atoms with Gasteiger partial charge in [0.1, 0.15) is 12.0 Å². The minimum Gasteiger partial charge on any atom is -0.449 e. The van der Waals surface area contributed by atoms with Crippen LogP contribution in [0, 0.1) is 13.8 Å². The van der Waals surface area contributed by atoms with Crippen molar-refractivity contribution >= 4 is 0 Å². The van der Waals surface area contributed by atoms with Crippen molar-refractivity contribution in [3.8, 4) is 11.3 Å². The molecule has 16 heavy (non-hydrogen) atoms. The first kappa shape index (κ1) is 12.5. The van der Waals surface area contributed by atoms with Gasteiger partial charge >= 0.3 is 0 Å². The van der Waals surface area contributed by atoms with Crippen LogP contribution in [0.3, 0.4) is 0 Å². The molecule has 0 bridgehead atoms. The number of nitrogens with zero attached hydrogens (tertiary/aromatic N) is 1. The van der Waals surface area contributed by atoms with Gasteiger partial charge in [0.25, 0.3) is 0 Å². The maximum Gasteiger partial charge on any atom is 0.191 e. The van der Waals surface area contributed by atoms with Crippen molar-refractivity contribution < 1.29 is 4.42 Å². The first-order chi connectivity index (χ1) is 7.67. The van der Waals surface area contributed by atoms with Crippen molar-refractivity contribution in [3.63, 3.8) is 0 Å². The number of hydrogen-bond acceptors (Lipinski definition) is 2. The largest absolute Gasteiger partial charge is 0.449 e. The first-order valence-corrected chi connectivity index (χ1v) is 5.66. The Bertz CT molecular complexity index is 432. The minimum absolute atomic E-state index is 0.705. The number of hydrogen-bond donors (Lipinski definition) is 0. The van der Waals surface area contributed by atoms with E-state index in [0.717, 1.165) is 11.3 Å². The molecule has 0 unspecified atom stereocenters. The summed E-state index contributed by atoms with van der Waals surface area (Å²) < 4.78 is 5.15. The Kier molecular flexibility index (Phi) is 4.77. The molecule has 0 aliphatic rings. The summed E-state index contributed by atoms with van der Waals surface area (Å²) in [6, 6.07) is 8.21. The number of aryl methyl sites for hydroxylation is 2. The smallest absolute Gasteiger partial charge is 0.191 e. The molecule has 0 aliphatic heterocycles. The highest BCUT2D eigenvalue weighted by Gasteiger charge is 2.02. The summed E-state index contributed by atoms with van der Waals surface area (Å²) in [6.07, 6.45) is 2.93. The van der Waals surface area contributed by atoms with Crippen molar-refractivity contribution in [1.82, 2.24) is 4.98 Å². The fourth-order valence-electron chi connectivity index (χ4n) is 1.30. The third-order valence-corrected chi connectivity index (χ3v) is 1.93. The lowest BCUT2D eigenvalue weighted by Crippen LogP contribution is -1.79. The highest BCUT2D eigenvalue weighted by atomic mass is 16.3. The molecule has 0 atom stereocenters. The molecule has 1 aromatic heterocycles. The molecule has 1 heterocycles. The van der Waals surface area contributed by atoms with Crippen LogP contribution in [0.2, 0.25) is 0 Å². The maximum absolute atomic E-state index is 5.15. The van der Waals surface area contributed by atoms with Gasteiger partial charge in [0, 0.05) is 12.5 Å². The monoisotopic (exact) mass is 217 g/mol. The van der Waals surface area contributed by atoms with Gasteiger partial charge in [0.05, 0.1) is 0 Å². The van der Waals surface area contributed by atoms with E-state index in [1.165, 1.54) is 12.0 Å². The molecule has 0 saturated carbocycles. The topological polar surface area (TPSA) is 26.0 Å². The second-order valence-corrected chi connectivity index (χ2v) is 3.83. The normalized spacial score (nSPS) is 9.50. The van der Waals surface area contributed by atoms with E-state index in [2.05, 4.69) is 37.9 Å². The second kappa shape index (κ2) is 6.11. The fraction of sp³-hybridized carbons (Fsp3) is 0.357. The molecular formula is C14H19NO. The van der Waals surface area contributed by atoms with E-state index in [9.17, 15) is 0 Å². The summed E-state index contributed by atoms with van der Waals surface area (Å²) in [7, 11) is 0. The van der Waals surface area contributed by atoms with Gasteiger partial charge in [-0.15, -0.1) is 0 Å². The Morgan fingerprint density at radius 2 is 1.88 bits per heavy atom. The van der Waals surface area contributed by atoms with E-state index in [1.54, 1.807) is 6.26 Å². The SMILES string of the molecule is CCC.Cc1cccc(-c2coc(C)n2)c1. The molecule has 0 amide bonds. The van der Waals surface area contributed by atoms with Crippen molar-refractivity contribution in [2.75, 3.05) is 0 Å². The fourth-order valence-corrected chi connectivity index (χ4v) is 1.30. The van der Waals surface area contributed by atoms with E-state index >= 15 is 0 Å². The molecule has 86 valence electrons. The highest BCUT2D eigenvalue weighted by Crippen LogP contribution is 2.18. The predicted octanol–water partition coefficient (Wildman–Crippen LogP) is 4.37. The number of oxazole rings is 1. The molecule has 2 rings (SSSR count). The van der Waals surface area contributed by atoms with Crippen LogP contribution in [-0.4, -0.2) is 4.98 Å². The summed E-state index contributed by atoms with van der Waals surface area (Å²) in [5, 5.41) is 0. The van der Waals surface area contributed by atoms with Crippen LogP contribution in [0.5, 0.6) is 0 Å². The molecule has 0 fully saturated rings. The summed E-state index contributed by atoms with van der Waals surface area (Å²) in [6.45, 7) is 8.16. The lowest BCUT2D eigenvalue weighted by atomic mass is 10.1. The quantitative estimate of drug-likeness (QED) is 0.708. The van der Waals surface area contributed by atoms with Crippen molar-refractivity contribution in [1.29, 1.82) is 0 Å². The molecule has 2 aromatic rings. The molecule has 0 N–H and O–H groups in total. The van der Waals surface area contributed by atoms with Gasteiger partial charge in [0.2, 0.25) is 0 Å². The van der Waals surface area contributed by atoms with E-state index < -0.39 is 0 Å². The van der Waals surface area contributed by atoms with Crippen LogP contribution in [0.25, 0.3) is 11.3 Å². The first-order valence-electron chi connectivity index (χ1n) is 5.66. The molecule has 0 radical (unpaired) electrons. The predicted molar refractivity (Wildman–Crippen MR) is 67.4 cm³/mol. The van der Waals surface area contributed by atoms with Crippen LogP contribution in [0.1, 0.15) is 31.7 Å². The second-order valence-electron chi connectivity index (χ2n) is 3.83. The molecule has 0 saturated heterocycles. The lowest BCUT2D eigenvalue weighted by Gasteiger charge is -1.96. The van der Waals surface area contributed by atoms with Gasteiger partial charge < -0.3 is 4.42 Å². The summed E-state index contributed by atoms with van der Waals surface area (Å²) in [5.74, 6) is 0.705. The van der Waals surface area contributed by atoms with Crippen LogP contribution in [-0.2, 0) is 0 Å². The van der Waals surface area contributed by atoms with Crippen molar-refractivity contribution in [2.45, 2.75) is 34.1 Å². The zero-order valence-electron chi connectivity index (χ0n) is 10.4. The number of rotatable bonds is 1. The van der Waals surface area contributed by atoms with Crippen LogP contribution < -0.4 is 0 Å². The maximum atomic E-state index is 5.15. The van der Waals surface area contributed by atoms with E-state index in [-0.39, 0.29) is 0 Å². The summed E-state index contributed by atoms with van der Waals surface area (Å²) >= 11 is 0. The van der Waals surface area contributed by atoms with Crippen molar-refractivity contribution in [3.05, 3.63) is 42.0 Å². The number of aromatic nitrogens is 1. The van der Waals surface area contributed by atoms with E-state index in [0.29, 0.717) is 5.89 Å². The van der Waals surface area contributed by atoms with Crippen LogP contribution >= 0.6 is 0 Å². The van der Waals surface area contributed by atoms with E-state index in [4.69, 9.17) is 4.42 Å². The Labute approximate surface area is 97.3 Å². The highest BCUT2D eigenvalue weighted by molar-refractivity contribution is 5.58. The average Bonchev–Trinajstić information content (AvgIpc) is 2.66. The van der Waals surface area contributed by atoms with E-state index in [1.807, 2.05) is 19.1 Å². The number of benzene rings is 1. The molecule has 2 heteroatoms. The zero-order chi connectivity index (χ0) is 12.0. The Morgan fingerprint density at radius 3 is 2.38 bits per heavy atom. The Morgan fingerprint density at radius 1 is 1.19 bits per heavy atom. The van der Waals surface area contributed by atoms with Gasteiger partial charge in [0.15, 0.2) is 5.89 Å². The summed E-state index contributed by atoms with van der Waals surface area (Å²) in [4.78, 5) is 4.26. The van der Waals surface area contributed by atoms with Gasteiger partial charge in [-0.3, -0.25) is 0 Å². The van der Waals surface area contributed by atoms with Crippen molar-refractivity contribution in [2.24, 2.45) is 0 Å². The molecule has 2 nitrogen and oxygen atoms in total. The zero-order valence-corrected chi connectivity index (χ0v) is 10.4.